The number of ether oxygens (including phenoxy) is 2. The van der Waals surface area contributed by atoms with E-state index in [1.54, 1.807) is 6.20 Å². The van der Waals surface area contributed by atoms with Crippen molar-refractivity contribution in [3.05, 3.63) is 77.5 Å². The second-order valence-corrected chi connectivity index (χ2v) is 9.42. The van der Waals surface area contributed by atoms with Crippen molar-refractivity contribution >= 4 is 17.5 Å². The Morgan fingerprint density at radius 1 is 1.06 bits per heavy atom. The molecule has 0 bridgehead atoms. The Morgan fingerprint density at radius 3 is 2.67 bits per heavy atom. The van der Waals surface area contributed by atoms with Crippen LogP contribution < -0.4 is 10.1 Å². The van der Waals surface area contributed by atoms with Crippen molar-refractivity contribution in [3.63, 3.8) is 0 Å². The molecule has 2 aliphatic rings. The molecule has 0 saturated carbocycles. The third-order valence-electron chi connectivity index (χ3n) is 6.85. The zero-order chi connectivity index (χ0) is 24.9. The number of hydrogen-bond donors (Lipinski definition) is 1. The van der Waals surface area contributed by atoms with Gasteiger partial charge in [-0.1, -0.05) is 49.4 Å². The Bertz CT molecular complexity index is 1240. The zero-order valence-electron chi connectivity index (χ0n) is 20.5. The molecule has 7 nitrogen and oxygen atoms in total. The number of nitrogens with zero attached hydrogens (tertiary/aromatic N) is 2. The number of benzene rings is 2. The van der Waals surface area contributed by atoms with Crippen LogP contribution in [-0.2, 0) is 16.1 Å². The fraction of sp³-hybridized carbons (Fsp3) is 0.345. The van der Waals surface area contributed by atoms with Crippen LogP contribution in [0.1, 0.15) is 47.2 Å². The molecule has 2 aromatic carbocycles. The minimum Gasteiger partial charge on any atom is -0.487 e. The number of carbonyl (C=O) groups is 2. The Hall–Kier alpha value is -3.55. The molecule has 0 spiro atoms. The third kappa shape index (κ3) is 5.64. The van der Waals surface area contributed by atoms with Crippen molar-refractivity contribution in [2.24, 2.45) is 0 Å². The third-order valence-corrected chi connectivity index (χ3v) is 6.85. The number of ketones is 1. The molecule has 1 fully saturated rings. The maximum Gasteiger partial charge on any atom is 0.226 e. The van der Waals surface area contributed by atoms with Gasteiger partial charge < -0.3 is 14.8 Å². The molecule has 1 amide bonds. The van der Waals surface area contributed by atoms with E-state index in [1.807, 2.05) is 42.5 Å². The van der Waals surface area contributed by atoms with Crippen molar-refractivity contribution < 1.29 is 19.1 Å². The van der Waals surface area contributed by atoms with Crippen molar-refractivity contribution in [1.82, 2.24) is 9.88 Å². The van der Waals surface area contributed by atoms with Gasteiger partial charge in [0.25, 0.3) is 0 Å². The number of morpholine rings is 1. The molecular formula is C29H31N3O4. The summed E-state index contributed by atoms with van der Waals surface area (Å²) in [7, 11) is 0. The first-order valence-electron chi connectivity index (χ1n) is 12.5. The Balaban J connectivity index is 1.26. The van der Waals surface area contributed by atoms with Gasteiger partial charge in [0.15, 0.2) is 5.78 Å². The van der Waals surface area contributed by atoms with Crippen molar-refractivity contribution in [2.45, 2.75) is 32.3 Å². The first-order chi connectivity index (χ1) is 17.6. The van der Waals surface area contributed by atoms with Gasteiger partial charge in [0.1, 0.15) is 18.2 Å². The summed E-state index contributed by atoms with van der Waals surface area (Å²) < 4.78 is 11.3. The number of fused-ring (bicyclic) bond motifs is 3. The van der Waals surface area contributed by atoms with E-state index in [0.717, 1.165) is 35.3 Å². The quantitative estimate of drug-likeness (QED) is 0.467. The predicted molar refractivity (Wildman–Crippen MR) is 138 cm³/mol. The van der Waals surface area contributed by atoms with Gasteiger partial charge in [0.05, 0.1) is 19.4 Å². The molecule has 36 heavy (non-hydrogen) atoms. The van der Waals surface area contributed by atoms with Crippen LogP contribution >= 0.6 is 0 Å². The second kappa shape index (κ2) is 11.0. The minimum absolute atomic E-state index is 0.0700. The molecule has 1 N–H and O–H groups in total. The number of Topliss-reactive ketones (excluding diaryl/α,β-unsaturated/α-hetero) is 1. The van der Waals surface area contributed by atoms with Crippen LogP contribution in [0.4, 0.5) is 5.82 Å². The topological polar surface area (TPSA) is 80.8 Å². The van der Waals surface area contributed by atoms with E-state index in [-0.39, 0.29) is 17.6 Å². The Morgan fingerprint density at radius 2 is 1.86 bits per heavy atom. The summed E-state index contributed by atoms with van der Waals surface area (Å²) in [5.41, 5.74) is 4.67. The highest BCUT2D eigenvalue weighted by atomic mass is 16.5. The summed E-state index contributed by atoms with van der Waals surface area (Å²) in [5.74, 6) is 1.36. The average Bonchev–Trinajstić information content (AvgIpc) is 2.92. The number of nitrogens with one attached hydrogen (secondary N) is 1. The number of pyridine rings is 1. The Labute approximate surface area is 211 Å². The zero-order valence-corrected chi connectivity index (χ0v) is 20.5. The van der Waals surface area contributed by atoms with Gasteiger partial charge in [0.2, 0.25) is 5.91 Å². The van der Waals surface area contributed by atoms with Crippen molar-refractivity contribution in [2.75, 3.05) is 38.2 Å². The number of aromatic nitrogens is 1. The minimum atomic E-state index is -0.0700. The molecule has 0 aliphatic carbocycles. The summed E-state index contributed by atoms with van der Waals surface area (Å²) in [6.45, 7) is 6.30. The van der Waals surface area contributed by atoms with Crippen LogP contribution in [0.15, 0.2) is 60.8 Å². The summed E-state index contributed by atoms with van der Waals surface area (Å²) in [6, 6.07) is 17.7. The summed E-state index contributed by atoms with van der Waals surface area (Å²) in [4.78, 5) is 32.1. The number of anilines is 1. The molecule has 1 atom stereocenters. The summed E-state index contributed by atoms with van der Waals surface area (Å²) >= 11 is 0. The maximum absolute atomic E-state index is 13.0. The highest BCUT2D eigenvalue weighted by molar-refractivity contribution is 5.98. The van der Waals surface area contributed by atoms with E-state index < -0.39 is 0 Å². The van der Waals surface area contributed by atoms with Gasteiger partial charge in [-0.2, -0.15) is 0 Å². The van der Waals surface area contributed by atoms with Crippen molar-refractivity contribution in [3.8, 4) is 16.9 Å². The maximum atomic E-state index is 13.0. The van der Waals surface area contributed by atoms with Gasteiger partial charge in [0, 0.05) is 43.6 Å². The highest BCUT2D eigenvalue weighted by Crippen LogP contribution is 2.39. The van der Waals surface area contributed by atoms with Crippen LogP contribution in [0.25, 0.3) is 11.1 Å². The molecule has 2 aliphatic heterocycles. The van der Waals surface area contributed by atoms with Gasteiger partial charge >= 0.3 is 0 Å². The van der Waals surface area contributed by atoms with Crippen LogP contribution in [0.2, 0.25) is 0 Å². The largest absolute Gasteiger partial charge is 0.487 e. The van der Waals surface area contributed by atoms with Crippen LogP contribution in [-0.4, -0.2) is 54.4 Å². The van der Waals surface area contributed by atoms with E-state index in [9.17, 15) is 9.59 Å². The number of hydrogen-bond acceptors (Lipinski definition) is 6. The standard InChI is InChI=1S/C29H31N3O4/c1-20(21-5-3-2-4-6-21)15-26(33)22-7-8-24-23(16-22)19-36-27-18-30-28(17-25(24)27)31-29(34)9-10-32-11-13-35-14-12-32/h2-8,16-18,20H,9-15,19H2,1H3,(H,30,31,34)/t20-/m0/s1. The lowest BCUT2D eigenvalue weighted by Gasteiger charge is -2.26. The molecule has 1 aromatic heterocycles. The molecule has 186 valence electrons. The SMILES string of the molecule is C[C@@H](CC(=O)c1ccc2c(c1)COc1cnc(NC(=O)CCN3CCOCC3)cc1-2)c1ccccc1. The number of rotatable bonds is 8. The van der Waals surface area contributed by atoms with Gasteiger partial charge in [-0.15, -0.1) is 0 Å². The van der Waals surface area contributed by atoms with Crippen molar-refractivity contribution in [1.29, 1.82) is 0 Å². The van der Waals surface area contributed by atoms with Gasteiger partial charge in [-0.3, -0.25) is 14.5 Å². The predicted octanol–water partition coefficient (Wildman–Crippen LogP) is 4.68. The van der Waals surface area contributed by atoms with E-state index in [4.69, 9.17) is 9.47 Å². The van der Waals surface area contributed by atoms with Gasteiger partial charge in [-0.25, -0.2) is 4.98 Å². The molecule has 3 heterocycles. The first kappa shape index (κ1) is 24.2. The number of amides is 1. The van der Waals surface area contributed by atoms with E-state index in [1.165, 1.54) is 0 Å². The van der Waals surface area contributed by atoms with Crippen LogP contribution in [0, 0.1) is 0 Å². The average molecular weight is 486 g/mol. The second-order valence-electron chi connectivity index (χ2n) is 9.42. The summed E-state index contributed by atoms with van der Waals surface area (Å²) in [5, 5.41) is 2.91. The van der Waals surface area contributed by atoms with E-state index in [2.05, 4.69) is 34.3 Å². The van der Waals surface area contributed by atoms with E-state index >= 15 is 0 Å². The molecular weight excluding hydrogens is 454 g/mol. The van der Waals surface area contributed by atoms with Gasteiger partial charge in [-0.05, 0) is 34.7 Å². The molecule has 5 rings (SSSR count). The molecule has 3 aromatic rings. The first-order valence-corrected chi connectivity index (χ1v) is 12.5. The molecule has 0 unspecified atom stereocenters. The number of carbonyl (C=O) groups excluding carboxylic acids is 2. The normalized spacial score (nSPS) is 15.8. The molecule has 7 heteroatoms. The fourth-order valence-corrected chi connectivity index (χ4v) is 4.73. The molecule has 1 saturated heterocycles. The lowest BCUT2D eigenvalue weighted by Crippen LogP contribution is -2.38. The highest BCUT2D eigenvalue weighted by Gasteiger charge is 2.21. The van der Waals surface area contributed by atoms with Crippen LogP contribution in [0.5, 0.6) is 5.75 Å². The Kier molecular flexibility index (Phi) is 7.39. The lowest BCUT2D eigenvalue weighted by atomic mass is 9.90. The van der Waals surface area contributed by atoms with E-state index in [0.29, 0.717) is 56.3 Å². The smallest absolute Gasteiger partial charge is 0.226 e. The molecule has 0 radical (unpaired) electrons. The monoisotopic (exact) mass is 485 g/mol. The summed E-state index contributed by atoms with van der Waals surface area (Å²) in [6.07, 6.45) is 2.50. The fourth-order valence-electron chi connectivity index (χ4n) is 4.73. The van der Waals surface area contributed by atoms with Crippen LogP contribution in [0.3, 0.4) is 0 Å². The lowest BCUT2D eigenvalue weighted by molar-refractivity contribution is -0.116.